The Hall–Kier alpha value is -1.46. The number of amides is 1. The number of hydrogen-bond donors (Lipinski definition) is 1. The molecule has 24 heavy (non-hydrogen) atoms. The van der Waals surface area contributed by atoms with Crippen LogP contribution < -0.4 is 5.32 Å². The highest BCUT2D eigenvalue weighted by Gasteiger charge is 2.32. The van der Waals surface area contributed by atoms with Crippen LogP contribution in [0.3, 0.4) is 0 Å². The highest BCUT2D eigenvalue weighted by atomic mass is 79.9. The van der Waals surface area contributed by atoms with Gasteiger partial charge in [0.1, 0.15) is 0 Å². The second-order valence-corrected chi connectivity index (χ2v) is 7.94. The van der Waals surface area contributed by atoms with Gasteiger partial charge in [0.05, 0.1) is 11.1 Å². The van der Waals surface area contributed by atoms with E-state index in [0.717, 1.165) is 77.5 Å². The van der Waals surface area contributed by atoms with Crippen LogP contribution in [0.15, 0.2) is 28.7 Å². The van der Waals surface area contributed by atoms with Gasteiger partial charge < -0.3 is 10.2 Å². The number of nitrogens with one attached hydrogen (secondary N) is 1. The van der Waals surface area contributed by atoms with E-state index in [1.807, 2.05) is 31.2 Å². The Bertz CT molecular complexity index is 772. The average molecular weight is 388 g/mol. The number of nitrogens with zero attached hydrogens (tertiary/aromatic N) is 2. The van der Waals surface area contributed by atoms with Crippen LogP contribution in [0.4, 0.5) is 0 Å². The first-order valence-electron chi connectivity index (χ1n) is 8.69. The molecule has 1 aromatic carbocycles. The third-order valence-corrected chi connectivity index (χ3v) is 5.93. The van der Waals surface area contributed by atoms with E-state index in [0.29, 0.717) is 0 Å². The van der Waals surface area contributed by atoms with E-state index in [1.165, 1.54) is 0 Å². The van der Waals surface area contributed by atoms with Crippen LogP contribution in [0.2, 0.25) is 0 Å². The van der Waals surface area contributed by atoms with E-state index in [9.17, 15) is 4.79 Å². The van der Waals surface area contributed by atoms with Crippen molar-refractivity contribution in [3.8, 4) is 0 Å². The predicted molar refractivity (Wildman–Crippen MR) is 99.2 cm³/mol. The van der Waals surface area contributed by atoms with Crippen molar-refractivity contribution in [2.45, 2.75) is 19.8 Å². The molecule has 0 aliphatic carbocycles. The standard InChI is InChI=1S/C19H22BrN3O/c1-12-8-17(16-3-2-15(20)9-18(16)22-12)19(24)23-6-4-13-10-21-11-14(13)5-7-23/h2-3,8-9,13-14,21H,4-7,10-11H2,1H3/t13-,14+. The zero-order valence-electron chi connectivity index (χ0n) is 13.9. The fourth-order valence-electron chi connectivity index (χ4n) is 4.10. The number of carbonyl (C=O) groups excluding carboxylic acids is 1. The lowest BCUT2D eigenvalue weighted by Gasteiger charge is -2.22. The molecule has 4 nitrogen and oxygen atoms in total. The molecule has 0 radical (unpaired) electrons. The molecule has 2 aromatic rings. The summed E-state index contributed by atoms with van der Waals surface area (Å²) in [6, 6.07) is 7.90. The first kappa shape index (κ1) is 16.0. The summed E-state index contributed by atoms with van der Waals surface area (Å²) in [5.74, 6) is 1.62. The van der Waals surface area contributed by atoms with E-state index in [-0.39, 0.29) is 5.91 Å². The molecule has 2 aliphatic heterocycles. The number of hydrogen-bond acceptors (Lipinski definition) is 3. The van der Waals surface area contributed by atoms with Crippen LogP contribution in [-0.2, 0) is 0 Å². The molecule has 2 saturated heterocycles. The SMILES string of the molecule is Cc1cc(C(=O)N2CC[C@@H]3CNC[C@@H]3CC2)c2ccc(Br)cc2n1. The van der Waals surface area contributed by atoms with Gasteiger partial charge >= 0.3 is 0 Å². The van der Waals surface area contributed by atoms with Crippen molar-refractivity contribution in [1.29, 1.82) is 0 Å². The zero-order chi connectivity index (χ0) is 16.7. The molecule has 0 saturated carbocycles. The van der Waals surface area contributed by atoms with Gasteiger partial charge in [-0.05, 0) is 62.9 Å². The van der Waals surface area contributed by atoms with Crippen LogP contribution in [-0.4, -0.2) is 42.0 Å². The lowest BCUT2D eigenvalue weighted by molar-refractivity contribution is 0.0760. The van der Waals surface area contributed by atoms with Crippen molar-refractivity contribution < 1.29 is 4.79 Å². The number of benzene rings is 1. The van der Waals surface area contributed by atoms with Gasteiger partial charge in [-0.25, -0.2) is 0 Å². The van der Waals surface area contributed by atoms with Gasteiger partial charge in [-0.1, -0.05) is 22.0 Å². The van der Waals surface area contributed by atoms with Crippen molar-refractivity contribution in [2.24, 2.45) is 11.8 Å². The fourth-order valence-corrected chi connectivity index (χ4v) is 4.45. The summed E-state index contributed by atoms with van der Waals surface area (Å²) in [6.07, 6.45) is 2.22. The smallest absolute Gasteiger partial charge is 0.254 e. The fraction of sp³-hybridized carbons (Fsp3) is 0.474. The molecule has 3 heterocycles. The second-order valence-electron chi connectivity index (χ2n) is 7.02. The first-order chi connectivity index (χ1) is 11.6. The van der Waals surface area contributed by atoms with E-state index in [2.05, 4.69) is 31.1 Å². The van der Waals surface area contributed by atoms with Crippen LogP contribution in [0.5, 0.6) is 0 Å². The molecule has 2 aliphatic rings. The van der Waals surface area contributed by atoms with Gasteiger partial charge in [0.25, 0.3) is 5.91 Å². The Morgan fingerprint density at radius 2 is 1.92 bits per heavy atom. The van der Waals surface area contributed by atoms with E-state index < -0.39 is 0 Å². The van der Waals surface area contributed by atoms with Gasteiger partial charge in [-0.2, -0.15) is 0 Å². The number of halogens is 1. The van der Waals surface area contributed by atoms with E-state index in [1.54, 1.807) is 0 Å². The minimum Gasteiger partial charge on any atom is -0.339 e. The normalized spacial score (nSPS) is 24.0. The number of fused-ring (bicyclic) bond motifs is 2. The number of carbonyl (C=O) groups is 1. The molecule has 5 heteroatoms. The van der Waals surface area contributed by atoms with Crippen LogP contribution >= 0.6 is 15.9 Å². The van der Waals surface area contributed by atoms with E-state index >= 15 is 0 Å². The summed E-state index contributed by atoms with van der Waals surface area (Å²) in [5.41, 5.74) is 2.55. The zero-order valence-corrected chi connectivity index (χ0v) is 15.5. The first-order valence-corrected chi connectivity index (χ1v) is 9.48. The molecular weight excluding hydrogens is 366 g/mol. The Morgan fingerprint density at radius 3 is 2.62 bits per heavy atom. The Kier molecular flexibility index (Phi) is 4.31. The summed E-state index contributed by atoms with van der Waals surface area (Å²) in [6.45, 7) is 5.90. The maximum atomic E-state index is 13.2. The van der Waals surface area contributed by atoms with E-state index in [4.69, 9.17) is 0 Å². The molecular formula is C19H22BrN3O. The van der Waals surface area contributed by atoms with Gasteiger partial charge in [-0.15, -0.1) is 0 Å². The van der Waals surface area contributed by atoms with Gasteiger partial charge in [0, 0.05) is 28.6 Å². The Morgan fingerprint density at radius 1 is 1.21 bits per heavy atom. The van der Waals surface area contributed by atoms with Crippen LogP contribution in [0.1, 0.15) is 28.9 Å². The largest absolute Gasteiger partial charge is 0.339 e. The van der Waals surface area contributed by atoms with Gasteiger partial charge in [-0.3, -0.25) is 9.78 Å². The van der Waals surface area contributed by atoms with Crippen molar-refractivity contribution in [3.05, 3.63) is 40.0 Å². The van der Waals surface area contributed by atoms with Gasteiger partial charge in [0.2, 0.25) is 0 Å². The number of likely N-dealkylation sites (tertiary alicyclic amines) is 1. The number of pyridine rings is 1. The molecule has 4 rings (SSSR count). The average Bonchev–Trinajstić information content (AvgIpc) is 2.91. The minimum atomic E-state index is 0.153. The third-order valence-electron chi connectivity index (χ3n) is 5.44. The summed E-state index contributed by atoms with van der Waals surface area (Å²) < 4.78 is 0.988. The van der Waals surface area contributed by atoms with Crippen molar-refractivity contribution in [1.82, 2.24) is 15.2 Å². The number of aromatic nitrogens is 1. The topological polar surface area (TPSA) is 45.2 Å². The van der Waals surface area contributed by atoms with Gasteiger partial charge in [0.15, 0.2) is 0 Å². The molecule has 126 valence electrons. The predicted octanol–water partition coefficient (Wildman–Crippen LogP) is 3.38. The Balaban J connectivity index is 1.65. The third kappa shape index (κ3) is 2.95. The summed E-state index contributed by atoms with van der Waals surface area (Å²) in [4.78, 5) is 19.8. The van der Waals surface area contributed by atoms with Crippen molar-refractivity contribution in [3.63, 3.8) is 0 Å². The summed E-state index contributed by atoms with van der Waals surface area (Å²) >= 11 is 3.49. The summed E-state index contributed by atoms with van der Waals surface area (Å²) in [7, 11) is 0. The molecule has 2 atom stereocenters. The Labute approximate surface area is 150 Å². The second kappa shape index (κ2) is 6.45. The number of rotatable bonds is 1. The highest BCUT2D eigenvalue weighted by Crippen LogP contribution is 2.29. The molecule has 2 fully saturated rings. The number of aryl methyl sites for hydroxylation is 1. The van der Waals surface area contributed by atoms with Crippen LogP contribution in [0.25, 0.3) is 10.9 Å². The molecule has 0 spiro atoms. The van der Waals surface area contributed by atoms with Crippen molar-refractivity contribution in [2.75, 3.05) is 26.2 Å². The monoisotopic (exact) mass is 387 g/mol. The lowest BCUT2D eigenvalue weighted by atomic mass is 9.92. The molecule has 0 bridgehead atoms. The highest BCUT2D eigenvalue weighted by molar-refractivity contribution is 9.10. The molecule has 1 N–H and O–H groups in total. The molecule has 0 unspecified atom stereocenters. The summed E-state index contributed by atoms with van der Waals surface area (Å²) in [5, 5.41) is 4.43. The molecule has 1 aromatic heterocycles. The molecule has 1 amide bonds. The lowest BCUT2D eigenvalue weighted by Crippen LogP contribution is -2.33. The minimum absolute atomic E-state index is 0.153. The van der Waals surface area contributed by atoms with Crippen LogP contribution in [0, 0.1) is 18.8 Å². The quantitative estimate of drug-likeness (QED) is 0.815. The maximum absolute atomic E-state index is 13.2. The van der Waals surface area contributed by atoms with Crippen molar-refractivity contribution >= 4 is 32.7 Å². The maximum Gasteiger partial charge on any atom is 0.254 e.